The first kappa shape index (κ1) is 15.5. The summed E-state index contributed by atoms with van der Waals surface area (Å²) in [6.07, 6.45) is 2.60. The van der Waals surface area contributed by atoms with Gasteiger partial charge >= 0.3 is 0 Å². The van der Waals surface area contributed by atoms with E-state index < -0.39 is 5.82 Å². The largest absolute Gasteiger partial charge is 0.380 e. The van der Waals surface area contributed by atoms with Crippen molar-refractivity contribution in [3.05, 3.63) is 65.0 Å². The Morgan fingerprint density at radius 2 is 1.74 bits per heavy atom. The fraction of sp³-hybridized carbons (Fsp3) is 0.316. The second kappa shape index (κ2) is 7.26. The molecule has 1 N–H and O–H groups in total. The van der Waals surface area contributed by atoms with Crippen molar-refractivity contribution in [1.82, 2.24) is 4.90 Å². The molecule has 1 aliphatic rings. The Balaban J connectivity index is 1.60. The van der Waals surface area contributed by atoms with Crippen LogP contribution in [0.2, 0.25) is 0 Å². The summed E-state index contributed by atoms with van der Waals surface area (Å²) in [7, 11) is 0. The minimum atomic E-state index is -0.488. The van der Waals surface area contributed by atoms with Crippen LogP contribution >= 0.6 is 0 Å². The fourth-order valence-electron chi connectivity index (χ4n) is 2.94. The molecule has 3 nitrogen and oxygen atoms in total. The van der Waals surface area contributed by atoms with Crippen LogP contribution in [0.5, 0.6) is 0 Å². The number of nitrogens with one attached hydrogen (secondary N) is 1. The highest BCUT2D eigenvalue weighted by atomic mass is 19.1. The number of anilines is 1. The van der Waals surface area contributed by atoms with Gasteiger partial charge in [0.05, 0.1) is 5.69 Å². The lowest BCUT2D eigenvalue weighted by atomic mass is 10.1. The van der Waals surface area contributed by atoms with Crippen LogP contribution in [0.1, 0.15) is 29.5 Å². The quantitative estimate of drug-likeness (QED) is 0.910. The average molecular weight is 309 g/mol. The minimum absolute atomic E-state index is 0.0677. The normalized spacial score (nSPS) is 14.6. The van der Waals surface area contributed by atoms with E-state index >= 15 is 0 Å². The molecular formula is C19H20FN3. The number of nitrogens with zero attached hydrogens (tertiary/aromatic N) is 2. The number of hydrogen-bond acceptors (Lipinski definition) is 3. The number of likely N-dealkylation sites (tertiary alicyclic amines) is 1. The maximum absolute atomic E-state index is 13.6. The summed E-state index contributed by atoms with van der Waals surface area (Å²) in [4.78, 5) is 2.47. The van der Waals surface area contributed by atoms with E-state index in [1.54, 1.807) is 12.1 Å². The second-order valence-electron chi connectivity index (χ2n) is 5.93. The van der Waals surface area contributed by atoms with Crippen molar-refractivity contribution in [3.63, 3.8) is 0 Å². The molecule has 118 valence electrons. The van der Waals surface area contributed by atoms with Crippen molar-refractivity contribution in [3.8, 4) is 6.07 Å². The standard InChI is InChI=1S/C19H20FN3/c20-18-4-3-5-19(17(18)12-21)22-13-15-6-8-16(9-7-15)14-23-10-1-2-11-23/h3-9,22H,1-2,10-11,13-14H2. The topological polar surface area (TPSA) is 39.1 Å². The molecule has 0 saturated carbocycles. The van der Waals surface area contributed by atoms with Crippen molar-refractivity contribution >= 4 is 5.69 Å². The Bertz CT molecular complexity index is 698. The van der Waals surface area contributed by atoms with Gasteiger partial charge in [-0.3, -0.25) is 4.90 Å². The van der Waals surface area contributed by atoms with Crippen LogP contribution in [0.4, 0.5) is 10.1 Å². The maximum Gasteiger partial charge on any atom is 0.143 e. The van der Waals surface area contributed by atoms with Gasteiger partial charge in [0.15, 0.2) is 0 Å². The van der Waals surface area contributed by atoms with E-state index in [1.165, 1.54) is 37.6 Å². The van der Waals surface area contributed by atoms with Crippen molar-refractivity contribution in [1.29, 1.82) is 5.26 Å². The molecule has 0 spiro atoms. The van der Waals surface area contributed by atoms with E-state index in [-0.39, 0.29) is 5.56 Å². The van der Waals surface area contributed by atoms with Crippen LogP contribution in [0.3, 0.4) is 0 Å². The fourth-order valence-corrected chi connectivity index (χ4v) is 2.94. The Hall–Kier alpha value is -2.38. The van der Waals surface area contributed by atoms with E-state index in [9.17, 15) is 4.39 Å². The summed E-state index contributed by atoms with van der Waals surface area (Å²) in [5, 5.41) is 12.2. The zero-order valence-electron chi connectivity index (χ0n) is 13.1. The molecule has 0 amide bonds. The SMILES string of the molecule is N#Cc1c(F)cccc1NCc1ccc(CN2CCCC2)cc1. The van der Waals surface area contributed by atoms with E-state index in [4.69, 9.17) is 5.26 Å². The zero-order chi connectivity index (χ0) is 16.1. The van der Waals surface area contributed by atoms with Crippen LogP contribution in [0.25, 0.3) is 0 Å². The maximum atomic E-state index is 13.6. The lowest BCUT2D eigenvalue weighted by Crippen LogP contribution is -2.18. The van der Waals surface area contributed by atoms with Gasteiger partial charge < -0.3 is 5.32 Å². The second-order valence-corrected chi connectivity index (χ2v) is 5.93. The van der Waals surface area contributed by atoms with Gasteiger partial charge in [-0.05, 0) is 49.2 Å². The summed E-state index contributed by atoms with van der Waals surface area (Å²) in [5.74, 6) is -0.488. The third-order valence-electron chi connectivity index (χ3n) is 4.24. The smallest absolute Gasteiger partial charge is 0.143 e. The molecule has 0 aliphatic carbocycles. The lowest BCUT2D eigenvalue weighted by Gasteiger charge is -2.15. The van der Waals surface area contributed by atoms with Crippen molar-refractivity contribution in [2.45, 2.75) is 25.9 Å². The Labute approximate surface area is 136 Å². The third-order valence-corrected chi connectivity index (χ3v) is 4.24. The molecule has 23 heavy (non-hydrogen) atoms. The van der Waals surface area contributed by atoms with Crippen LogP contribution < -0.4 is 5.32 Å². The average Bonchev–Trinajstić information content (AvgIpc) is 3.07. The molecule has 4 heteroatoms. The van der Waals surface area contributed by atoms with Gasteiger partial charge in [0.1, 0.15) is 17.4 Å². The molecule has 2 aromatic rings. The molecule has 0 bridgehead atoms. The predicted octanol–water partition coefficient (Wildman–Crippen LogP) is 3.91. The summed E-state index contributed by atoms with van der Waals surface area (Å²) in [5.41, 5.74) is 3.04. The molecule has 0 unspecified atom stereocenters. The molecule has 1 aliphatic heterocycles. The molecule has 1 heterocycles. The van der Waals surface area contributed by atoms with E-state index in [0.717, 1.165) is 12.1 Å². The van der Waals surface area contributed by atoms with Gasteiger partial charge in [-0.15, -0.1) is 0 Å². The van der Waals surface area contributed by atoms with Crippen molar-refractivity contribution in [2.24, 2.45) is 0 Å². The number of rotatable bonds is 5. The molecule has 1 fully saturated rings. The highest BCUT2D eigenvalue weighted by Gasteiger charge is 2.11. The van der Waals surface area contributed by atoms with Crippen molar-refractivity contribution < 1.29 is 4.39 Å². The molecule has 0 atom stereocenters. The molecular weight excluding hydrogens is 289 g/mol. The van der Waals surface area contributed by atoms with Gasteiger partial charge in [-0.25, -0.2) is 4.39 Å². The highest BCUT2D eigenvalue weighted by molar-refractivity contribution is 5.58. The van der Waals surface area contributed by atoms with Gasteiger partial charge in [-0.2, -0.15) is 5.26 Å². The Morgan fingerprint density at radius 1 is 1.04 bits per heavy atom. The molecule has 1 saturated heterocycles. The number of hydrogen-bond donors (Lipinski definition) is 1. The number of benzene rings is 2. The monoisotopic (exact) mass is 309 g/mol. The molecule has 0 aromatic heterocycles. The van der Waals surface area contributed by atoms with Crippen molar-refractivity contribution in [2.75, 3.05) is 18.4 Å². The van der Waals surface area contributed by atoms with Gasteiger partial charge in [0.25, 0.3) is 0 Å². The van der Waals surface area contributed by atoms with E-state index in [2.05, 4.69) is 34.5 Å². The summed E-state index contributed by atoms with van der Waals surface area (Å²) in [6, 6.07) is 15.0. The van der Waals surface area contributed by atoms with Crippen LogP contribution in [-0.2, 0) is 13.1 Å². The van der Waals surface area contributed by atoms with Gasteiger partial charge in [0, 0.05) is 13.1 Å². The Morgan fingerprint density at radius 3 is 2.43 bits per heavy atom. The lowest BCUT2D eigenvalue weighted by molar-refractivity contribution is 0.331. The first-order chi connectivity index (χ1) is 11.3. The van der Waals surface area contributed by atoms with Crippen LogP contribution in [0.15, 0.2) is 42.5 Å². The zero-order valence-corrected chi connectivity index (χ0v) is 13.1. The number of nitriles is 1. The van der Waals surface area contributed by atoms with Gasteiger partial charge in [0.2, 0.25) is 0 Å². The van der Waals surface area contributed by atoms with Crippen LogP contribution in [-0.4, -0.2) is 18.0 Å². The predicted molar refractivity (Wildman–Crippen MR) is 89.4 cm³/mol. The van der Waals surface area contributed by atoms with E-state index in [1.807, 2.05) is 6.07 Å². The molecule has 3 rings (SSSR count). The minimum Gasteiger partial charge on any atom is -0.380 e. The first-order valence-electron chi connectivity index (χ1n) is 7.99. The molecule has 2 aromatic carbocycles. The van der Waals surface area contributed by atoms with Crippen LogP contribution in [0, 0.1) is 17.1 Å². The Kier molecular flexibility index (Phi) is 4.89. The summed E-state index contributed by atoms with van der Waals surface area (Å²) >= 11 is 0. The summed E-state index contributed by atoms with van der Waals surface area (Å²) < 4.78 is 13.6. The summed E-state index contributed by atoms with van der Waals surface area (Å²) in [6.45, 7) is 3.97. The first-order valence-corrected chi connectivity index (χ1v) is 7.99. The molecule has 0 radical (unpaired) electrons. The van der Waals surface area contributed by atoms with Gasteiger partial charge in [-0.1, -0.05) is 30.3 Å². The highest BCUT2D eigenvalue weighted by Crippen LogP contribution is 2.19. The third kappa shape index (κ3) is 3.88. The number of halogens is 1. The van der Waals surface area contributed by atoms with E-state index in [0.29, 0.717) is 12.2 Å².